The Kier molecular flexibility index (Phi) is 10.7. The Morgan fingerprint density at radius 1 is 0.885 bits per heavy atom. The van der Waals surface area contributed by atoms with E-state index in [1.807, 2.05) is 74.5 Å². The molecular weight excluding hydrogens is 699 g/mol. The quantitative estimate of drug-likeness (QED) is 0.360. The van der Waals surface area contributed by atoms with Crippen LogP contribution >= 0.6 is 23.1 Å². The number of thiazole rings is 1. The number of rotatable bonds is 5. The highest BCUT2D eigenvalue weighted by Gasteiger charge is 2.44. The van der Waals surface area contributed by atoms with Gasteiger partial charge < -0.3 is 25.6 Å². The van der Waals surface area contributed by atoms with Gasteiger partial charge in [-0.05, 0) is 43.2 Å². The third-order valence-electron chi connectivity index (χ3n) is 9.85. The van der Waals surface area contributed by atoms with Crippen LogP contribution in [0.15, 0.2) is 76.0 Å². The summed E-state index contributed by atoms with van der Waals surface area (Å²) in [5.41, 5.74) is 2.06. The lowest BCUT2D eigenvalue weighted by molar-refractivity contribution is -0.133. The van der Waals surface area contributed by atoms with Crippen LogP contribution in [0.25, 0.3) is 0 Å². The molecule has 0 aliphatic carbocycles. The summed E-state index contributed by atoms with van der Waals surface area (Å²) in [5.74, 6) is -0.510. The molecular formula is C38H43N7O5S2. The molecule has 7 atom stereocenters. The fourth-order valence-electron chi connectivity index (χ4n) is 7.05. The summed E-state index contributed by atoms with van der Waals surface area (Å²) in [7, 11) is 0. The Balaban J connectivity index is 1.26. The fraction of sp³-hybridized carbons (Fsp3) is 0.447. The third-order valence-corrected chi connectivity index (χ3v) is 11.9. The molecule has 12 nitrogen and oxygen atoms in total. The van der Waals surface area contributed by atoms with Crippen molar-refractivity contribution in [1.82, 2.24) is 25.8 Å². The van der Waals surface area contributed by atoms with E-state index in [2.05, 4.69) is 16.0 Å². The molecule has 1 aromatic heterocycles. The van der Waals surface area contributed by atoms with Gasteiger partial charge in [0, 0.05) is 24.1 Å². The van der Waals surface area contributed by atoms with Crippen molar-refractivity contribution in [3.8, 4) is 0 Å². The lowest BCUT2D eigenvalue weighted by Gasteiger charge is -2.29. The van der Waals surface area contributed by atoms with Gasteiger partial charge in [0.05, 0.1) is 17.1 Å². The summed E-state index contributed by atoms with van der Waals surface area (Å²) >= 11 is 2.75. The molecule has 2 aromatic carbocycles. The van der Waals surface area contributed by atoms with Crippen molar-refractivity contribution in [1.29, 1.82) is 0 Å². The standard InChI is InChI=1S/C38H43N7O5S2/c1-21(2)30-37-42-28(20-52-37)32(46)39-25(17-23-11-6-4-7-12-23)36-41-27(19-51-36)33(47)40-26(18-24-13-8-5-9-14-24)38(49)45-16-10-15-29(45)35-44-31(22(3)50-35)34(48)43-30/h4-9,11-14,19,21-22,25-26,28-31H,10,15-18,20H2,1-3H3,(H,39,46)(H,40,47)(H,43,48)/t22-,25-,26+,28?,29+,30+,31+/m1/s1. The summed E-state index contributed by atoms with van der Waals surface area (Å²) in [6.07, 6.45) is 1.53. The maximum atomic E-state index is 14.4. The first-order chi connectivity index (χ1) is 25.1. The molecule has 4 aliphatic rings. The SMILES string of the molecule is CC(C)[C@@H]1NC(=O)[C@H]2N=C(O[C@@H]2C)[C@@H]2CCCN2C(=O)[C@H](Cc2ccccc2)NC(=O)c2csc(n2)[C@@H](Cc2ccccc2)NC(=O)C2CSC1=N2. The van der Waals surface area contributed by atoms with Gasteiger partial charge in [0.2, 0.25) is 23.6 Å². The molecule has 0 spiro atoms. The molecule has 1 fully saturated rings. The molecule has 0 radical (unpaired) electrons. The van der Waals surface area contributed by atoms with E-state index in [0.717, 1.165) is 17.5 Å². The number of aliphatic imine (C=N–C) groups is 2. The molecule has 14 heteroatoms. The molecule has 272 valence electrons. The Hall–Kier alpha value is -4.56. The molecule has 6 bridgehead atoms. The Labute approximate surface area is 311 Å². The summed E-state index contributed by atoms with van der Waals surface area (Å²) in [5, 5.41) is 12.2. The van der Waals surface area contributed by atoms with Crippen molar-refractivity contribution in [2.24, 2.45) is 15.9 Å². The molecule has 0 saturated carbocycles. The number of carbonyl (C=O) groups excluding carboxylic acids is 4. The second-order valence-corrected chi connectivity index (χ2v) is 15.9. The molecule has 3 N–H and O–H groups in total. The number of hydrogen-bond acceptors (Lipinski definition) is 10. The largest absolute Gasteiger partial charge is 0.474 e. The van der Waals surface area contributed by atoms with Gasteiger partial charge >= 0.3 is 0 Å². The van der Waals surface area contributed by atoms with E-state index in [0.29, 0.717) is 41.1 Å². The average Bonchev–Trinajstić information content (AvgIpc) is 3.97. The van der Waals surface area contributed by atoms with Gasteiger partial charge in [0.1, 0.15) is 34.9 Å². The maximum Gasteiger partial charge on any atom is 0.271 e. The van der Waals surface area contributed by atoms with Gasteiger partial charge in [0.15, 0.2) is 6.04 Å². The van der Waals surface area contributed by atoms with Crippen molar-refractivity contribution in [3.05, 3.63) is 87.9 Å². The molecule has 5 heterocycles. The van der Waals surface area contributed by atoms with E-state index >= 15 is 0 Å². The van der Waals surface area contributed by atoms with Crippen LogP contribution < -0.4 is 16.0 Å². The Morgan fingerprint density at radius 3 is 2.27 bits per heavy atom. The molecule has 4 amide bonds. The van der Waals surface area contributed by atoms with Gasteiger partial charge in [0.25, 0.3) is 5.91 Å². The summed E-state index contributed by atoms with van der Waals surface area (Å²) < 4.78 is 6.20. The normalized spacial score (nSPS) is 28.2. The summed E-state index contributed by atoms with van der Waals surface area (Å²) in [6, 6.07) is 15.6. The van der Waals surface area contributed by atoms with Crippen LogP contribution in [0.5, 0.6) is 0 Å². The average molecular weight is 742 g/mol. The number of benzene rings is 2. The third kappa shape index (κ3) is 7.77. The summed E-state index contributed by atoms with van der Waals surface area (Å²) in [6.45, 7) is 6.28. The zero-order valence-corrected chi connectivity index (χ0v) is 31.0. The van der Waals surface area contributed by atoms with Crippen LogP contribution in [0.4, 0.5) is 0 Å². The first-order valence-electron chi connectivity index (χ1n) is 17.8. The number of aromatic nitrogens is 1. The molecule has 7 rings (SSSR count). The monoisotopic (exact) mass is 741 g/mol. The first-order valence-corrected chi connectivity index (χ1v) is 19.7. The van der Waals surface area contributed by atoms with E-state index in [1.165, 1.54) is 23.1 Å². The first kappa shape index (κ1) is 35.8. The molecule has 1 unspecified atom stereocenters. The van der Waals surface area contributed by atoms with Crippen LogP contribution in [-0.4, -0.2) is 93.1 Å². The minimum absolute atomic E-state index is 0.00574. The topological polar surface area (TPSA) is 154 Å². The van der Waals surface area contributed by atoms with Crippen molar-refractivity contribution >= 4 is 57.7 Å². The van der Waals surface area contributed by atoms with Crippen LogP contribution in [-0.2, 0) is 32.0 Å². The van der Waals surface area contributed by atoms with Crippen LogP contribution in [0, 0.1) is 5.92 Å². The van der Waals surface area contributed by atoms with Crippen LogP contribution in [0.3, 0.4) is 0 Å². The van der Waals surface area contributed by atoms with Gasteiger partial charge in [-0.1, -0.05) is 74.5 Å². The van der Waals surface area contributed by atoms with Crippen LogP contribution in [0.1, 0.15) is 66.3 Å². The van der Waals surface area contributed by atoms with Crippen molar-refractivity contribution < 1.29 is 23.9 Å². The van der Waals surface area contributed by atoms with Crippen LogP contribution in [0.2, 0.25) is 0 Å². The number of amides is 4. The van der Waals surface area contributed by atoms with Gasteiger partial charge in [-0.3, -0.25) is 24.2 Å². The lowest BCUT2D eigenvalue weighted by atomic mass is 10.0. The maximum absolute atomic E-state index is 14.4. The number of carbonyl (C=O) groups is 4. The van der Waals surface area contributed by atoms with Gasteiger partial charge in [-0.25, -0.2) is 9.98 Å². The molecule has 1 saturated heterocycles. The van der Waals surface area contributed by atoms with Gasteiger partial charge in [-0.15, -0.1) is 23.1 Å². The van der Waals surface area contributed by atoms with E-state index in [9.17, 15) is 19.2 Å². The molecule has 3 aromatic rings. The number of ether oxygens (including phenoxy) is 1. The smallest absolute Gasteiger partial charge is 0.271 e. The predicted molar refractivity (Wildman–Crippen MR) is 201 cm³/mol. The number of nitrogens with zero attached hydrogens (tertiary/aromatic N) is 4. The minimum atomic E-state index is -0.897. The zero-order valence-electron chi connectivity index (χ0n) is 29.4. The molecule has 4 aliphatic heterocycles. The number of hydrogen-bond donors (Lipinski definition) is 3. The summed E-state index contributed by atoms with van der Waals surface area (Å²) in [4.78, 5) is 71.9. The van der Waals surface area contributed by atoms with E-state index in [1.54, 1.807) is 17.2 Å². The second-order valence-electron chi connectivity index (χ2n) is 14.0. The Bertz CT molecular complexity index is 1870. The lowest BCUT2D eigenvalue weighted by Crippen LogP contribution is -2.52. The number of fused-ring (bicyclic) bond motifs is 6. The predicted octanol–water partition coefficient (Wildman–Crippen LogP) is 3.73. The van der Waals surface area contributed by atoms with E-state index < -0.39 is 48.3 Å². The Morgan fingerprint density at radius 2 is 1.58 bits per heavy atom. The second kappa shape index (κ2) is 15.6. The van der Waals surface area contributed by atoms with Gasteiger partial charge in [-0.2, -0.15) is 0 Å². The fourth-order valence-corrected chi connectivity index (χ4v) is 9.17. The zero-order chi connectivity index (χ0) is 36.4. The number of nitrogens with one attached hydrogen (secondary N) is 3. The minimum Gasteiger partial charge on any atom is -0.474 e. The highest BCUT2D eigenvalue weighted by molar-refractivity contribution is 8.14. The molecule has 52 heavy (non-hydrogen) atoms. The van der Waals surface area contributed by atoms with Crippen molar-refractivity contribution in [3.63, 3.8) is 0 Å². The highest BCUT2D eigenvalue weighted by Crippen LogP contribution is 2.29. The van der Waals surface area contributed by atoms with E-state index in [4.69, 9.17) is 19.7 Å². The van der Waals surface area contributed by atoms with Crippen molar-refractivity contribution in [2.45, 2.75) is 88.8 Å². The van der Waals surface area contributed by atoms with Crippen molar-refractivity contribution in [2.75, 3.05) is 12.3 Å². The highest BCUT2D eigenvalue weighted by atomic mass is 32.2. The van der Waals surface area contributed by atoms with E-state index in [-0.39, 0.29) is 35.8 Å². The number of thioether (sulfide) groups is 1.